The first-order valence-corrected chi connectivity index (χ1v) is 37.9. The van der Waals surface area contributed by atoms with E-state index in [2.05, 4.69) is 77.6 Å². The molecule has 0 N–H and O–H groups in total. The summed E-state index contributed by atoms with van der Waals surface area (Å²) in [5.41, 5.74) is 0. The second-order valence-corrected chi connectivity index (χ2v) is 35.5. The Morgan fingerprint density at radius 2 is 0.789 bits per heavy atom. The summed E-state index contributed by atoms with van der Waals surface area (Å²) < 4.78 is 47.2. The Morgan fingerprint density at radius 1 is 0.500 bits per heavy atom. The van der Waals surface area contributed by atoms with Crippen LogP contribution in [0.2, 0.25) is 91.7 Å². The van der Waals surface area contributed by atoms with Gasteiger partial charge in [-0.3, -0.25) is 0 Å². The standard InChI is InChI=1S/C12H26O3Si4.C4H16O4Si4.C4H14OSi2/c1-16(2)13-19(14-17(3)4,15-18(5)6)12-10-8-7-9-11-12;1-9-5-10(2)7-12(4)8-11(3)6-9;1-6(2)5-7(3)4/h7-11,16-18H,1-6H3;9-12H,1-4H3;6-7H,1-4H3. The Morgan fingerprint density at radius 3 is 1.00 bits per heavy atom. The van der Waals surface area contributed by atoms with E-state index in [1.54, 1.807) is 0 Å². The first kappa shape index (κ1) is 39.1. The summed E-state index contributed by atoms with van der Waals surface area (Å²) in [6, 6.07) is 10.3. The molecule has 0 radical (unpaired) electrons. The average molecular weight is 706 g/mol. The highest BCUT2D eigenvalue weighted by atomic mass is 28.5. The van der Waals surface area contributed by atoms with Gasteiger partial charge in [-0.05, 0) is 91.7 Å². The molecular formula is C20H56O8Si10. The SMILES string of the molecule is C[SiH](C)O[SiH](C)C.C[SiH](C)O[Si](O[SiH](C)C)(O[SiH](C)C)c1ccccc1.C[SiH]1O[SiH](C)O[SiH](C)O[SiH](C)O1. The van der Waals surface area contributed by atoms with Crippen molar-refractivity contribution in [1.29, 1.82) is 0 Å². The highest BCUT2D eigenvalue weighted by Crippen LogP contribution is 2.15. The molecule has 38 heavy (non-hydrogen) atoms. The largest absolute Gasteiger partial charge is 0.505 e. The van der Waals surface area contributed by atoms with Gasteiger partial charge >= 0.3 is 8.80 Å². The monoisotopic (exact) mass is 704 g/mol. The molecule has 1 fully saturated rings. The first-order valence-electron chi connectivity index (χ1n) is 13.9. The number of rotatable bonds is 9. The van der Waals surface area contributed by atoms with Crippen LogP contribution in [0.1, 0.15) is 0 Å². The smallest absolute Gasteiger partial charge is 0.461 e. The van der Waals surface area contributed by atoms with Gasteiger partial charge in [-0.25, -0.2) is 0 Å². The quantitative estimate of drug-likeness (QED) is 0.363. The van der Waals surface area contributed by atoms with E-state index in [1.165, 1.54) is 0 Å². The van der Waals surface area contributed by atoms with Crippen molar-refractivity contribution >= 4 is 96.3 Å². The highest BCUT2D eigenvalue weighted by molar-refractivity contribution is 6.88. The lowest BCUT2D eigenvalue weighted by Crippen LogP contribution is -2.61. The Balaban J connectivity index is 0.000000612. The molecule has 0 bridgehead atoms. The minimum Gasteiger partial charge on any atom is -0.461 e. The summed E-state index contributed by atoms with van der Waals surface area (Å²) in [4.78, 5) is 0. The third-order valence-electron chi connectivity index (χ3n) is 4.38. The van der Waals surface area contributed by atoms with Crippen molar-refractivity contribution in [2.75, 3.05) is 0 Å². The zero-order chi connectivity index (χ0) is 29.5. The van der Waals surface area contributed by atoms with Crippen molar-refractivity contribution < 1.29 is 32.9 Å². The first-order chi connectivity index (χ1) is 17.6. The lowest BCUT2D eigenvalue weighted by atomic mass is 10.4. The zero-order valence-electron chi connectivity index (χ0n) is 26.3. The van der Waals surface area contributed by atoms with Gasteiger partial charge in [-0.1, -0.05) is 30.3 Å². The topological polar surface area (TPSA) is 73.8 Å². The summed E-state index contributed by atoms with van der Waals surface area (Å²) in [6.45, 7) is 30.1. The van der Waals surface area contributed by atoms with Crippen molar-refractivity contribution in [2.24, 2.45) is 0 Å². The zero-order valence-corrected chi connectivity index (χ0v) is 37.7. The van der Waals surface area contributed by atoms with E-state index >= 15 is 0 Å². The van der Waals surface area contributed by atoms with Crippen LogP contribution in [0.5, 0.6) is 0 Å². The maximum absolute atomic E-state index is 6.35. The fourth-order valence-electron chi connectivity index (χ4n) is 3.61. The molecule has 0 aromatic heterocycles. The number of hydrogen-bond acceptors (Lipinski definition) is 8. The normalized spacial score (nSPS) is 22.6. The van der Waals surface area contributed by atoms with Gasteiger partial charge < -0.3 is 32.9 Å². The van der Waals surface area contributed by atoms with E-state index in [9.17, 15) is 0 Å². The highest BCUT2D eigenvalue weighted by Gasteiger charge is 2.45. The van der Waals surface area contributed by atoms with E-state index in [-0.39, 0.29) is 0 Å². The van der Waals surface area contributed by atoms with Crippen LogP contribution in [-0.4, -0.2) is 91.1 Å². The van der Waals surface area contributed by atoms with Crippen LogP contribution in [0.3, 0.4) is 0 Å². The molecule has 0 spiro atoms. The van der Waals surface area contributed by atoms with Crippen LogP contribution in [0.4, 0.5) is 0 Å². The molecule has 0 amide bonds. The minimum atomic E-state index is -2.68. The van der Waals surface area contributed by atoms with Crippen molar-refractivity contribution in [3.05, 3.63) is 30.3 Å². The molecule has 8 nitrogen and oxygen atoms in total. The number of benzene rings is 1. The van der Waals surface area contributed by atoms with Crippen LogP contribution in [0, 0.1) is 0 Å². The van der Waals surface area contributed by atoms with E-state index in [1.807, 2.05) is 44.4 Å². The lowest BCUT2D eigenvalue weighted by Gasteiger charge is -2.35. The maximum Gasteiger partial charge on any atom is 0.505 e. The van der Waals surface area contributed by atoms with E-state index < -0.39 is 91.1 Å². The molecule has 0 saturated carbocycles. The molecule has 1 heterocycles. The van der Waals surface area contributed by atoms with Gasteiger partial charge in [0.05, 0.1) is 0 Å². The van der Waals surface area contributed by atoms with Crippen LogP contribution < -0.4 is 5.19 Å². The molecule has 1 aromatic rings. The molecular weight excluding hydrogens is 649 g/mol. The van der Waals surface area contributed by atoms with Gasteiger partial charge in [0.2, 0.25) is 0 Å². The summed E-state index contributed by atoms with van der Waals surface area (Å²) in [5.74, 6) is 0. The van der Waals surface area contributed by atoms with E-state index in [0.29, 0.717) is 0 Å². The molecule has 18 heteroatoms. The Hall–Kier alpha value is 1.07. The van der Waals surface area contributed by atoms with Crippen LogP contribution in [-0.2, 0) is 32.9 Å². The van der Waals surface area contributed by atoms with Crippen LogP contribution in [0.15, 0.2) is 30.3 Å². The Kier molecular flexibility index (Phi) is 21.5. The summed E-state index contributed by atoms with van der Waals surface area (Å²) in [5, 5.41) is 1.12. The summed E-state index contributed by atoms with van der Waals surface area (Å²) >= 11 is 0. The third kappa shape index (κ3) is 19.2. The number of hydrogen-bond donors (Lipinski definition) is 0. The minimum absolute atomic E-state index is 0.667. The van der Waals surface area contributed by atoms with Crippen LogP contribution in [0.25, 0.3) is 0 Å². The van der Waals surface area contributed by atoms with Crippen LogP contribution >= 0.6 is 0 Å². The molecule has 224 valence electrons. The van der Waals surface area contributed by atoms with Gasteiger partial charge in [-0.15, -0.1) is 0 Å². The van der Waals surface area contributed by atoms with Gasteiger partial charge in [0.15, 0.2) is 45.2 Å². The van der Waals surface area contributed by atoms with E-state index in [4.69, 9.17) is 32.9 Å². The average Bonchev–Trinajstić information content (AvgIpc) is 2.71. The summed E-state index contributed by atoms with van der Waals surface area (Å²) in [6.07, 6.45) is 0. The lowest BCUT2D eigenvalue weighted by molar-refractivity contribution is 0.289. The van der Waals surface area contributed by atoms with Crippen molar-refractivity contribution in [3.8, 4) is 0 Å². The Bertz CT molecular complexity index is 648. The fourth-order valence-corrected chi connectivity index (χ4v) is 31.8. The molecule has 0 atom stereocenters. The van der Waals surface area contributed by atoms with Gasteiger partial charge in [0.25, 0.3) is 37.1 Å². The molecule has 0 unspecified atom stereocenters. The van der Waals surface area contributed by atoms with E-state index in [0.717, 1.165) is 5.19 Å². The molecule has 2 rings (SSSR count). The predicted octanol–water partition coefficient (Wildman–Crippen LogP) is 2.27. The second-order valence-electron chi connectivity index (χ2n) is 10.5. The molecule has 1 aliphatic heterocycles. The Labute approximate surface area is 250 Å². The molecule has 1 aliphatic rings. The maximum atomic E-state index is 6.35. The van der Waals surface area contributed by atoms with Crippen molar-refractivity contribution in [3.63, 3.8) is 0 Å². The van der Waals surface area contributed by atoms with Gasteiger partial charge in [-0.2, -0.15) is 0 Å². The van der Waals surface area contributed by atoms with Gasteiger partial charge in [0.1, 0.15) is 0 Å². The molecule has 0 aliphatic carbocycles. The predicted molar refractivity (Wildman–Crippen MR) is 187 cm³/mol. The van der Waals surface area contributed by atoms with Crippen molar-refractivity contribution in [2.45, 2.75) is 91.7 Å². The fraction of sp³-hybridized carbons (Fsp3) is 0.700. The molecule has 1 saturated heterocycles. The summed E-state index contributed by atoms with van der Waals surface area (Å²) in [7, 11) is -13.4. The van der Waals surface area contributed by atoms with Crippen molar-refractivity contribution in [1.82, 2.24) is 0 Å². The third-order valence-corrected chi connectivity index (χ3v) is 31.4. The second kappa shape index (κ2) is 20.9. The van der Waals surface area contributed by atoms with Gasteiger partial charge in [0, 0.05) is 5.19 Å². The molecule has 1 aromatic carbocycles.